The lowest BCUT2D eigenvalue weighted by atomic mass is 9.88. The molecule has 5 nitrogen and oxygen atoms in total. The number of Topliss-reactive ketones (excluding diaryl/α,β-unsaturated/α-hetero) is 1. The van der Waals surface area contributed by atoms with Crippen LogP contribution in [0.1, 0.15) is 59.3 Å². The van der Waals surface area contributed by atoms with Gasteiger partial charge in [0, 0.05) is 24.7 Å². The van der Waals surface area contributed by atoms with Gasteiger partial charge in [-0.15, -0.1) is 0 Å². The van der Waals surface area contributed by atoms with Crippen LogP contribution in [0.25, 0.3) is 0 Å². The summed E-state index contributed by atoms with van der Waals surface area (Å²) in [4.78, 5) is 23.3. The molecule has 162 valence electrons. The molecule has 4 atom stereocenters. The maximum Gasteiger partial charge on any atom is 0.305 e. The number of hydrogen-bond donors (Lipinski definition) is 2. The second-order valence-electron chi connectivity index (χ2n) is 8.18. The monoisotopic (exact) mass is 404 g/mol. The Morgan fingerprint density at radius 3 is 2.59 bits per heavy atom. The normalized spacial score (nSPS) is 24.5. The molecule has 1 rings (SSSR count). The van der Waals surface area contributed by atoms with Crippen molar-refractivity contribution in [3.63, 3.8) is 0 Å². The number of hydrogen-bond acceptors (Lipinski definition) is 5. The fourth-order valence-electron chi connectivity index (χ4n) is 3.39. The summed E-state index contributed by atoms with van der Waals surface area (Å²) in [6.45, 7) is 5.72. The van der Waals surface area contributed by atoms with Gasteiger partial charge in [0.2, 0.25) is 0 Å². The largest absolute Gasteiger partial charge is 0.469 e. The lowest BCUT2D eigenvalue weighted by Crippen LogP contribution is -2.21. The molecule has 1 aliphatic rings. The van der Waals surface area contributed by atoms with Crippen LogP contribution in [-0.4, -0.2) is 40.8 Å². The van der Waals surface area contributed by atoms with Crippen molar-refractivity contribution in [2.24, 2.45) is 11.8 Å². The third-order valence-electron chi connectivity index (χ3n) is 5.06. The zero-order valence-corrected chi connectivity index (χ0v) is 18.1. The van der Waals surface area contributed by atoms with E-state index in [1.165, 1.54) is 7.11 Å². The van der Waals surface area contributed by atoms with Gasteiger partial charge in [-0.2, -0.15) is 0 Å². The van der Waals surface area contributed by atoms with Crippen molar-refractivity contribution in [3.8, 4) is 0 Å². The van der Waals surface area contributed by atoms with E-state index in [0.717, 1.165) is 12.0 Å². The highest BCUT2D eigenvalue weighted by Gasteiger charge is 2.39. The lowest BCUT2D eigenvalue weighted by molar-refractivity contribution is -0.140. The highest BCUT2D eigenvalue weighted by molar-refractivity contribution is 5.84. The van der Waals surface area contributed by atoms with E-state index in [9.17, 15) is 19.8 Å². The van der Waals surface area contributed by atoms with Crippen molar-refractivity contribution in [2.45, 2.75) is 71.0 Å². The van der Waals surface area contributed by atoms with Crippen LogP contribution in [-0.2, 0) is 14.3 Å². The van der Waals surface area contributed by atoms with Gasteiger partial charge in [-0.3, -0.25) is 9.59 Å². The number of aliphatic hydroxyl groups excluding tert-OH is 1. The SMILES string of the molecule is COC(=O)CC/C=C\CC[C@H]1C(=O)C[C@@H](O)[C@@H]1/C=C/C[C@@](C)(O)/C=C/C=C(C)C. The Hall–Kier alpha value is -1.98. The molecule has 29 heavy (non-hydrogen) atoms. The summed E-state index contributed by atoms with van der Waals surface area (Å²) in [7, 11) is 1.37. The zero-order chi connectivity index (χ0) is 21.9. The predicted octanol–water partition coefficient (Wildman–Crippen LogP) is 4.06. The van der Waals surface area contributed by atoms with E-state index < -0.39 is 11.7 Å². The van der Waals surface area contributed by atoms with Crippen LogP contribution in [0.4, 0.5) is 0 Å². The number of ether oxygens (including phenoxy) is 1. The molecule has 1 fully saturated rings. The number of allylic oxidation sites excluding steroid dienone is 5. The Morgan fingerprint density at radius 1 is 1.24 bits per heavy atom. The fraction of sp³-hybridized carbons (Fsp3) is 0.583. The maximum absolute atomic E-state index is 12.3. The molecule has 2 N–H and O–H groups in total. The number of esters is 1. The van der Waals surface area contributed by atoms with Gasteiger partial charge in [0.1, 0.15) is 5.78 Å². The summed E-state index contributed by atoms with van der Waals surface area (Å²) in [5.74, 6) is -0.577. The minimum Gasteiger partial charge on any atom is -0.469 e. The van der Waals surface area contributed by atoms with Crippen LogP contribution < -0.4 is 0 Å². The summed E-state index contributed by atoms with van der Waals surface area (Å²) in [5.41, 5.74) is 0.177. The summed E-state index contributed by atoms with van der Waals surface area (Å²) in [6, 6.07) is 0. The summed E-state index contributed by atoms with van der Waals surface area (Å²) in [6.07, 6.45) is 15.4. The van der Waals surface area contributed by atoms with Crippen molar-refractivity contribution < 1.29 is 24.5 Å². The minimum absolute atomic E-state index is 0.0883. The maximum atomic E-state index is 12.3. The van der Waals surface area contributed by atoms with Gasteiger partial charge in [0.05, 0.1) is 18.8 Å². The van der Waals surface area contributed by atoms with Gasteiger partial charge in [0.25, 0.3) is 0 Å². The third-order valence-corrected chi connectivity index (χ3v) is 5.06. The molecule has 0 aromatic rings. The molecule has 0 aromatic carbocycles. The first-order valence-corrected chi connectivity index (χ1v) is 10.3. The van der Waals surface area contributed by atoms with Gasteiger partial charge in [-0.05, 0) is 46.5 Å². The molecule has 0 radical (unpaired) electrons. The third kappa shape index (κ3) is 9.86. The molecule has 0 heterocycles. The number of methoxy groups -OCH3 is 1. The molecule has 1 saturated carbocycles. The molecule has 0 bridgehead atoms. The smallest absolute Gasteiger partial charge is 0.305 e. The fourth-order valence-corrected chi connectivity index (χ4v) is 3.39. The van der Waals surface area contributed by atoms with Crippen LogP contribution in [0.3, 0.4) is 0 Å². The molecule has 1 aliphatic carbocycles. The molecular weight excluding hydrogens is 368 g/mol. The van der Waals surface area contributed by atoms with Gasteiger partial charge in [-0.25, -0.2) is 0 Å². The Kier molecular flexibility index (Phi) is 10.8. The summed E-state index contributed by atoms with van der Waals surface area (Å²) >= 11 is 0. The lowest BCUT2D eigenvalue weighted by Gasteiger charge is -2.19. The summed E-state index contributed by atoms with van der Waals surface area (Å²) in [5, 5.41) is 20.7. The van der Waals surface area contributed by atoms with Crippen LogP contribution in [0.2, 0.25) is 0 Å². The minimum atomic E-state index is -0.978. The standard InChI is InChI=1S/C24H36O5/c1-18(2)11-9-15-24(3,28)16-10-13-20-19(21(25)17-22(20)26)12-7-5-6-8-14-23(27)29-4/h5-6,9-11,13,15,19-20,22,26,28H,7-8,12,14,16-17H2,1-4H3/b6-5-,13-10+,15-9+/t19-,20-,22-,24+/m1/s1. The van der Waals surface area contributed by atoms with Crippen LogP contribution in [0, 0.1) is 11.8 Å². The quantitative estimate of drug-likeness (QED) is 0.308. The molecule has 0 aliphatic heterocycles. The van der Waals surface area contributed by atoms with Gasteiger partial charge < -0.3 is 14.9 Å². The number of ketones is 1. The van der Waals surface area contributed by atoms with Crippen molar-refractivity contribution in [1.29, 1.82) is 0 Å². The van der Waals surface area contributed by atoms with Crippen molar-refractivity contribution >= 4 is 11.8 Å². The number of aliphatic hydroxyl groups is 2. The van der Waals surface area contributed by atoms with Gasteiger partial charge in [0.15, 0.2) is 0 Å². The second-order valence-corrected chi connectivity index (χ2v) is 8.18. The van der Waals surface area contributed by atoms with Crippen molar-refractivity contribution in [2.75, 3.05) is 7.11 Å². The molecular formula is C24H36O5. The molecule has 0 unspecified atom stereocenters. The van der Waals surface area contributed by atoms with Crippen LogP contribution in [0.5, 0.6) is 0 Å². The predicted molar refractivity (Wildman–Crippen MR) is 115 cm³/mol. The van der Waals surface area contributed by atoms with Crippen LogP contribution in [0.15, 0.2) is 48.1 Å². The van der Waals surface area contributed by atoms with Gasteiger partial charge >= 0.3 is 5.97 Å². The van der Waals surface area contributed by atoms with E-state index in [2.05, 4.69) is 4.74 Å². The highest BCUT2D eigenvalue weighted by atomic mass is 16.5. The Bertz CT molecular complexity index is 650. The average molecular weight is 405 g/mol. The van der Waals surface area contributed by atoms with Gasteiger partial charge in [-0.1, -0.05) is 48.1 Å². The topological polar surface area (TPSA) is 83.8 Å². The highest BCUT2D eigenvalue weighted by Crippen LogP contribution is 2.34. The molecule has 0 saturated heterocycles. The first kappa shape index (κ1) is 25.1. The van der Waals surface area contributed by atoms with E-state index in [4.69, 9.17) is 0 Å². The first-order valence-electron chi connectivity index (χ1n) is 10.3. The molecule has 0 amide bonds. The van der Waals surface area contributed by atoms with E-state index in [0.29, 0.717) is 25.7 Å². The van der Waals surface area contributed by atoms with E-state index in [-0.39, 0.29) is 30.0 Å². The van der Waals surface area contributed by atoms with E-state index in [1.807, 2.05) is 50.3 Å². The number of carbonyl (C=O) groups excluding carboxylic acids is 2. The average Bonchev–Trinajstić information content (AvgIpc) is 2.90. The summed E-state index contributed by atoms with van der Waals surface area (Å²) < 4.78 is 4.59. The second kappa shape index (κ2) is 12.6. The molecule has 0 aromatic heterocycles. The van der Waals surface area contributed by atoms with E-state index >= 15 is 0 Å². The Balaban J connectivity index is 2.57. The zero-order valence-electron chi connectivity index (χ0n) is 18.1. The molecule has 5 heteroatoms. The number of carbonyl (C=O) groups is 2. The van der Waals surface area contributed by atoms with Crippen molar-refractivity contribution in [3.05, 3.63) is 48.1 Å². The number of rotatable bonds is 11. The van der Waals surface area contributed by atoms with Crippen molar-refractivity contribution in [1.82, 2.24) is 0 Å². The van der Waals surface area contributed by atoms with E-state index in [1.54, 1.807) is 13.0 Å². The first-order chi connectivity index (χ1) is 13.7. The Morgan fingerprint density at radius 2 is 1.93 bits per heavy atom. The molecule has 0 spiro atoms. The van der Waals surface area contributed by atoms with Crippen LogP contribution >= 0.6 is 0 Å². The Labute approximate surface area is 174 Å².